The number of amides is 1. The summed E-state index contributed by atoms with van der Waals surface area (Å²) in [6.45, 7) is 4.23. The molecule has 0 spiro atoms. The van der Waals surface area contributed by atoms with Crippen LogP contribution in [0.3, 0.4) is 0 Å². The largest absolute Gasteiger partial charge is 0.480 e. The molecule has 5 nitrogen and oxygen atoms in total. The zero-order valence-electron chi connectivity index (χ0n) is 13.6. The topological polar surface area (TPSA) is 74.7 Å². The molecule has 5 heteroatoms. The molecule has 1 atom stereocenters. The van der Waals surface area contributed by atoms with Gasteiger partial charge in [0.25, 0.3) is 0 Å². The van der Waals surface area contributed by atoms with Crippen molar-refractivity contribution < 1.29 is 19.5 Å². The van der Waals surface area contributed by atoms with Gasteiger partial charge in [-0.3, -0.25) is 9.59 Å². The number of carbonyl (C=O) groups excluding carboxylic acids is 2. The van der Waals surface area contributed by atoms with E-state index in [1.165, 1.54) is 4.90 Å². The van der Waals surface area contributed by atoms with Crippen LogP contribution in [0.1, 0.15) is 49.9 Å². The predicted molar refractivity (Wildman–Crippen MR) is 86.2 cm³/mol. The van der Waals surface area contributed by atoms with Gasteiger partial charge in [0.1, 0.15) is 6.04 Å². The lowest BCUT2D eigenvalue weighted by atomic mass is 9.82. The maximum Gasteiger partial charge on any atom is 0.326 e. The van der Waals surface area contributed by atoms with Crippen LogP contribution in [0.4, 0.5) is 0 Å². The van der Waals surface area contributed by atoms with Gasteiger partial charge in [0.05, 0.1) is 0 Å². The summed E-state index contributed by atoms with van der Waals surface area (Å²) >= 11 is 0. The molecule has 2 rings (SSSR count). The number of benzene rings is 1. The third-order valence-electron chi connectivity index (χ3n) is 4.22. The first-order chi connectivity index (χ1) is 10.8. The second kappa shape index (κ2) is 6.94. The number of aliphatic carboxylic acids is 1. The van der Waals surface area contributed by atoms with Crippen LogP contribution in [0.15, 0.2) is 30.3 Å². The molecule has 0 bridgehead atoms. The zero-order chi connectivity index (χ0) is 17.0. The van der Waals surface area contributed by atoms with Crippen molar-refractivity contribution in [2.45, 2.75) is 45.6 Å². The standard InChI is InChI=1S/C18H23NO4/c1-18(2,11-15(20)13-7-4-3-5-8-13)12-16(21)19-10-6-9-14(19)17(22)23/h3-5,7-8,14H,6,9-12H2,1-2H3,(H,22,23)/t14-/m0/s1. The second-order valence-corrected chi connectivity index (χ2v) is 6.89. The number of likely N-dealkylation sites (tertiary alicyclic amines) is 1. The van der Waals surface area contributed by atoms with E-state index in [0.29, 0.717) is 24.9 Å². The summed E-state index contributed by atoms with van der Waals surface area (Å²) in [7, 11) is 0. The molecule has 1 aromatic carbocycles. The molecule has 1 aliphatic rings. The molecule has 1 heterocycles. The number of carboxylic acids is 1. The van der Waals surface area contributed by atoms with Crippen LogP contribution in [-0.2, 0) is 9.59 Å². The Labute approximate surface area is 136 Å². The van der Waals surface area contributed by atoms with E-state index in [9.17, 15) is 19.5 Å². The summed E-state index contributed by atoms with van der Waals surface area (Å²) < 4.78 is 0. The lowest BCUT2D eigenvalue weighted by Crippen LogP contribution is -2.42. The van der Waals surface area contributed by atoms with Gasteiger partial charge in [0.2, 0.25) is 5.91 Å². The average Bonchev–Trinajstić information content (AvgIpc) is 2.97. The van der Waals surface area contributed by atoms with Crippen molar-refractivity contribution in [3.63, 3.8) is 0 Å². The van der Waals surface area contributed by atoms with Gasteiger partial charge >= 0.3 is 5.97 Å². The van der Waals surface area contributed by atoms with Crippen LogP contribution < -0.4 is 0 Å². The smallest absolute Gasteiger partial charge is 0.326 e. The highest BCUT2D eigenvalue weighted by atomic mass is 16.4. The SMILES string of the molecule is CC(C)(CC(=O)c1ccccc1)CC(=O)N1CCC[C@H]1C(=O)O. The first-order valence-corrected chi connectivity index (χ1v) is 7.91. The van der Waals surface area contributed by atoms with E-state index in [4.69, 9.17) is 0 Å². The van der Waals surface area contributed by atoms with Crippen LogP contribution in [0, 0.1) is 5.41 Å². The van der Waals surface area contributed by atoms with Gasteiger partial charge in [-0.25, -0.2) is 4.79 Å². The van der Waals surface area contributed by atoms with Gasteiger partial charge < -0.3 is 10.0 Å². The minimum atomic E-state index is -0.950. The number of ketones is 1. The van der Waals surface area contributed by atoms with Crippen LogP contribution in [0.5, 0.6) is 0 Å². The second-order valence-electron chi connectivity index (χ2n) is 6.89. The van der Waals surface area contributed by atoms with Gasteiger partial charge in [-0.2, -0.15) is 0 Å². The number of rotatable bonds is 6. The quantitative estimate of drug-likeness (QED) is 0.819. The van der Waals surface area contributed by atoms with E-state index in [-0.39, 0.29) is 24.5 Å². The Balaban J connectivity index is 1.99. The van der Waals surface area contributed by atoms with Crippen molar-refractivity contribution in [2.24, 2.45) is 5.41 Å². The molecule has 23 heavy (non-hydrogen) atoms. The molecule has 1 fully saturated rings. The fourth-order valence-electron chi connectivity index (χ4n) is 3.06. The van der Waals surface area contributed by atoms with Gasteiger partial charge in [-0.05, 0) is 18.3 Å². The Morgan fingerprint density at radius 2 is 1.83 bits per heavy atom. The number of carboxylic acid groups (broad SMARTS) is 1. The zero-order valence-corrected chi connectivity index (χ0v) is 13.6. The molecular formula is C18H23NO4. The van der Waals surface area contributed by atoms with Gasteiger partial charge in [-0.1, -0.05) is 44.2 Å². The molecule has 1 aromatic rings. The minimum absolute atomic E-state index is 0.000364. The monoisotopic (exact) mass is 317 g/mol. The molecule has 0 unspecified atom stereocenters. The Kier molecular flexibility index (Phi) is 5.19. The number of carbonyl (C=O) groups is 3. The van der Waals surface area contributed by atoms with Crippen molar-refractivity contribution in [1.29, 1.82) is 0 Å². The van der Waals surface area contributed by atoms with Crippen LogP contribution in [0.2, 0.25) is 0 Å². The highest BCUT2D eigenvalue weighted by Crippen LogP contribution is 2.30. The molecule has 1 amide bonds. The first kappa shape index (κ1) is 17.2. The van der Waals surface area contributed by atoms with Crippen LogP contribution in [0.25, 0.3) is 0 Å². The van der Waals surface area contributed by atoms with Crippen molar-refractivity contribution >= 4 is 17.7 Å². The lowest BCUT2D eigenvalue weighted by Gasteiger charge is -2.28. The molecule has 1 N–H and O–H groups in total. The summed E-state index contributed by atoms with van der Waals surface area (Å²) in [6.07, 6.45) is 1.65. The summed E-state index contributed by atoms with van der Waals surface area (Å²) in [6, 6.07) is 8.29. The Morgan fingerprint density at radius 3 is 2.43 bits per heavy atom. The van der Waals surface area contributed by atoms with E-state index in [1.807, 2.05) is 32.0 Å². The summed E-state index contributed by atoms with van der Waals surface area (Å²) in [5.74, 6) is -1.13. The van der Waals surface area contributed by atoms with Gasteiger partial charge in [0.15, 0.2) is 5.78 Å². The van der Waals surface area contributed by atoms with Gasteiger partial charge in [0, 0.05) is 24.9 Å². The van der Waals surface area contributed by atoms with Crippen molar-refractivity contribution in [3.8, 4) is 0 Å². The number of Topliss-reactive ketones (excluding diaryl/α,β-unsaturated/α-hetero) is 1. The summed E-state index contributed by atoms with van der Waals surface area (Å²) in [5.41, 5.74) is 0.132. The van der Waals surface area contributed by atoms with Crippen molar-refractivity contribution in [2.75, 3.05) is 6.54 Å². The van der Waals surface area contributed by atoms with E-state index in [1.54, 1.807) is 12.1 Å². The van der Waals surface area contributed by atoms with E-state index >= 15 is 0 Å². The van der Waals surface area contributed by atoms with Crippen LogP contribution in [-0.4, -0.2) is 40.3 Å². The molecule has 0 saturated carbocycles. The summed E-state index contributed by atoms with van der Waals surface area (Å²) in [4.78, 5) is 37.4. The highest BCUT2D eigenvalue weighted by molar-refractivity contribution is 5.96. The Morgan fingerprint density at radius 1 is 1.17 bits per heavy atom. The lowest BCUT2D eigenvalue weighted by molar-refractivity contribution is -0.149. The predicted octanol–water partition coefficient (Wildman–Crippen LogP) is 2.75. The van der Waals surface area contributed by atoms with Gasteiger partial charge in [-0.15, -0.1) is 0 Å². The Hall–Kier alpha value is -2.17. The third kappa shape index (κ3) is 4.41. The Bertz CT molecular complexity index is 594. The first-order valence-electron chi connectivity index (χ1n) is 7.91. The normalized spacial score (nSPS) is 18.0. The van der Waals surface area contributed by atoms with E-state index < -0.39 is 17.4 Å². The molecule has 0 radical (unpaired) electrons. The minimum Gasteiger partial charge on any atom is -0.480 e. The maximum atomic E-state index is 12.4. The number of hydrogen-bond acceptors (Lipinski definition) is 3. The molecular weight excluding hydrogens is 294 g/mol. The molecule has 1 saturated heterocycles. The highest BCUT2D eigenvalue weighted by Gasteiger charge is 2.36. The van der Waals surface area contributed by atoms with Crippen LogP contribution >= 0.6 is 0 Å². The number of hydrogen-bond donors (Lipinski definition) is 1. The molecule has 124 valence electrons. The summed E-state index contributed by atoms with van der Waals surface area (Å²) in [5, 5.41) is 9.18. The molecule has 0 aliphatic carbocycles. The number of nitrogens with zero attached hydrogens (tertiary/aromatic N) is 1. The van der Waals surface area contributed by atoms with Crippen molar-refractivity contribution in [1.82, 2.24) is 4.90 Å². The fraction of sp³-hybridized carbons (Fsp3) is 0.500. The van der Waals surface area contributed by atoms with E-state index in [0.717, 1.165) is 0 Å². The van der Waals surface area contributed by atoms with E-state index in [2.05, 4.69) is 0 Å². The fourth-order valence-corrected chi connectivity index (χ4v) is 3.06. The third-order valence-corrected chi connectivity index (χ3v) is 4.22. The molecule has 0 aromatic heterocycles. The molecule has 1 aliphatic heterocycles. The average molecular weight is 317 g/mol. The maximum absolute atomic E-state index is 12.4. The van der Waals surface area contributed by atoms with Crippen molar-refractivity contribution in [3.05, 3.63) is 35.9 Å².